The number of benzene rings is 1. The zero-order chi connectivity index (χ0) is 14.5. The van der Waals surface area contributed by atoms with Crippen molar-refractivity contribution in [2.75, 3.05) is 0 Å². The minimum Gasteiger partial charge on any atom is -0.457 e. The molecule has 1 aromatic heterocycles. The Labute approximate surface area is 118 Å². The van der Waals surface area contributed by atoms with Gasteiger partial charge in [-0.25, -0.2) is 4.39 Å². The van der Waals surface area contributed by atoms with Crippen LogP contribution in [-0.4, -0.2) is 11.0 Å². The van der Waals surface area contributed by atoms with Gasteiger partial charge in [0.05, 0.1) is 5.69 Å². The molecular formula is C16H19FN2O. The number of pyridine rings is 1. The quantitative estimate of drug-likeness (QED) is 0.900. The van der Waals surface area contributed by atoms with Gasteiger partial charge in [0.2, 0.25) is 0 Å². The number of nitrogens with zero attached hydrogens (tertiary/aromatic N) is 1. The van der Waals surface area contributed by atoms with Gasteiger partial charge in [0.1, 0.15) is 17.3 Å². The normalized spacial score (nSPS) is 10.8. The Morgan fingerprint density at radius 1 is 1.20 bits per heavy atom. The van der Waals surface area contributed by atoms with Crippen molar-refractivity contribution in [2.45, 2.75) is 33.4 Å². The van der Waals surface area contributed by atoms with Gasteiger partial charge in [0, 0.05) is 24.8 Å². The lowest BCUT2D eigenvalue weighted by atomic mass is 10.2. The molecule has 0 bridgehead atoms. The van der Waals surface area contributed by atoms with Gasteiger partial charge in [-0.2, -0.15) is 0 Å². The van der Waals surface area contributed by atoms with Crippen LogP contribution in [0.15, 0.2) is 36.5 Å². The predicted octanol–water partition coefficient (Wildman–Crippen LogP) is 3.82. The number of ether oxygens (including phenoxy) is 1. The van der Waals surface area contributed by atoms with Crippen LogP contribution in [0.2, 0.25) is 0 Å². The molecule has 20 heavy (non-hydrogen) atoms. The van der Waals surface area contributed by atoms with Crippen molar-refractivity contribution >= 4 is 0 Å². The first kappa shape index (κ1) is 14.5. The Hall–Kier alpha value is -1.94. The molecule has 1 N–H and O–H groups in total. The maximum atomic E-state index is 13.2. The molecule has 0 saturated carbocycles. The van der Waals surface area contributed by atoms with E-state index in [-0.39, 0.29) is 5.82 Å². The Balaban J connectivity index is 2.08. The molecule has 0 aliphatic carbocycles. The minimum absolute atomic E-state index is 0.228. The molecule has 2 aromatic rings. The Morgan fingerprint density at radius 3 is 2.65 bits per heavy atom. The number of rotatable bonds is 5. The van der Waals surface area contributed by atoms with Crippen LogP contribution in [0.4, 0.5) is 4.39 Å². The van der Waals surface area contributed by atoms with Gasteiger partial charge in [-0.1, -0.05) is 13.8 Å². The molecule has 0 aliphatic heterocycles. The third-order valence-electron chi connectivity index (χ3n) is 2.84. The van der Waals surface area contributed by atoms with Gasteiger partial charge < -0.3 is 10.1 Å². The van der Waals surface area contributed by atoms with E-state index in [4.69, 9.17) is 4.74 Å². The van der Waals surface area contributed by atoms with E-state index < -0.39 is 0 Å². The summed E-state index contributed by atoms with van der Waals surface area (Å²) in [5.74, 6) is 1.10. The summed E-state index contributed by atoms with van der Waals surface area (Å²) in [6.07, 6.45) is 1.71. The Bertz CT molecular complexity index is 584. The maximum absolute atomic E-state index is 13.2. The first-order chi connectivity index (χ1) is 9.54. The molecule has 0 fully saturated rings. The second-order valence-electron chi connectivity index (χ2n) is 5.03. The average Bonchev–Trinajstić information content (AvgIpc) is 2.41. The topological polar surface area (TPSA) is 34.1 Å². The number of aryl methyl sites for hydroxylation is 1. The van der Waals surface area contributed by atoms with Crippen LogP contribution in [0.25, 0.3) is 0 Å². The highest BCUT2D eigenvalue weighted by Crippen LogP contribution is 2.23. The molecule has 4 heteroatoms. The van der Waals surface area contributed by atoms with Crippen LogP contribution in [0.3, 0.4) is 0 Å². The number of nitrogens with one attached hydrogen (secondary N) is 1. The fourth-order valence-corrected chi connectivity index (χ4v) is 1.74. The lowest BCUT2D eigenvalue weighted by Gasteiger charge is -2.10. The highest BCUT2D eigenvalue weighted by atomic mass is 19.1. The third-order valence-corrected chi connectivity index (χ3v) is 2.84. The summed E-state index contributed by atoms with van der Waals surface area (Å²) < 4.78 is 18.9. The van der Waals surface area contributed by atoms with Crippen molar-refractivity contribution < 1.29 is 9.13 Å². The maximum Gasteiger partial charge on any atom is 0.130 e. The summed E-state index contributed by atoms with van der Waals surface area (Å²) in [5.41, 5.74) is 1.48. The van der Waals surface area contributed by atoms with E-state index in [1.54, 1.807) is 31.3 Å². The van der Waals surface area contributed by atoms with Crippen molar-refractivity contribution in [1.82, 2.24) is 10.3 Å². The van der Waals surface area contributed by atoms with Gasteiger partial charge in [0.25, 0.3) is 0 Å². The molecule has 0 aliphatic rings. The van der Waals surface area contributed by atoms with E-state index in [2.05, 4.69) is 24.1 Å². The summed E-state index contributed by atoms with van der Waals surface area (Å²) in [6.45, 7) is 6.58. The molecule has 0 radical (unpaired) electrons. The Morgan fingerprint density at radius 2 is 1.95 bits per heavy atom. The molecule has 3 nitrogen and oxygen atoms in total. The molecule has 1 heterocycles. The van der Waals surface area contributed by atoms with E-state index in [0.29, 0.717) is 29.6 Å². The zero-order valence-electron chi connectivity index (χ0n) is 12.0. The second-order valence-corrected chi connectivity index (χ2v) is 5.03. The van der Waals surface area contributed by atoms with Crippen molar-refractivity contribution in [3.8, 4) is 11.5 Å². The Kier molecular flexibility index (Phi) is 4.69. The highest BCUT2D eigenvalue weighted by molar-refractivity contribution is 5.34. The van der Waals surface area contributed by atoms with E-state index in [0.717, 1.165) is 5.69 Å². The summed E-state index contributed by atoms with van der Waals surface area (Å²) in [6, 6.07) is 8.79. The van der Waals surface area contributed by atoms with Crippen LogP contribution in [0.5, 0.6) is 11.5 Å². The summed E-state index contributed by atoms with van der Waals surface area (Å²) in [5, 5.41) is 3.30. The molecule has 0 unspecified atom stereocenters. The minimum atomic E-state index is -0.228. The van der Waals surface area contributed by atoms with Crippen LogP contribution < -0.4 is 10.1 Å². The SMILES string of the molecule is Cc1cc(Oc2ccnc(CNC(C)C)c2)ccc1F. The standard InChI is InChI=1S/C16H19FN2O/c1-11(2)19-10-13-9-15(6-7-18-13)20-14-4-5-16(17)12(3)8-14/h4-9,11,19H,10H2,1-3H3. The van der Waals surface area contributed by atoms with E-state index in [1.807, 2.05) is 6.07 Å². The van der Waals surface area contributed by atoms with Gasteiger partial charge in [-0.05, 0) is 36.8 Å². The first-order valence-corrected chi connectivity index (χ1v) is 6.67. The zero-order valence-corrected chi connectivity index (χ0v) is 12.0. The van der Waals surface area contributed by atoms with Crippen molar-refractivity contribution in [3.05, 3.63) is 53.6 Å². The number of aromatic nitrogens is 1. The average molecular weight is 274 g/mol. The summed E-state index contributed by atoms with van der Waals surface area (Å²) >= 11 is 0. The van der Waals surface area contributed by atoms with E-state index >= 15 is 0 Å². The fourth-order valence-electron chi connectivity index (χ4n) is 1.74. The van der Waals surface area contributed by atoms with Crippen LogP contribution in [-0.2, 0) is 6.54 Å². The van der Waals surface area contributed by atoms with Gasteiger partial charge in [-0.3, -0.25) is 4.98 Å². The highest BCUT2D eigenvalue weighted by Gasteiger charge is 2.03. The molecule has 2 rings (SSSR count). The number of halogens is 1. The summed E-state index contributed by atoms with van der Waals surface area (Å²) in [7, 11) is 0. The van der Waals surface area contributed by atoms with E-state index in [9.17, 15) is 4.39 Å². The van der Waals surface area contributed by atoms with E-state index in [1.165, 1.54) is 6.07 Å². The predicted molar refractivity (Wildman–Crippen MR) is 77.4 cm³/mol. The number of hydrogen-bond donors (Lipinski definition) is 1. The van der Waals surface area contributed by atoms with Crippen LogP contribution >= 0.6 is 0 Å². The molecule has 0 atom stereocenters. The van der Waals surface area contributed by atoms with Crippen LogP contribution in [0.1, 0.15) is 25.1 Å². The largest absolute Gasteiger partial charge is 0.457 e. The molecule has 1 aromatic carbocycles. The van der Waals surface area contributed by atoms with Gasteiger partial charge in [-0.15, -0.1) is 0 Å². The smallest absolute Gasteiger partial charge is 0.130 e. The van der Waals surface area contributed by atoms with Gasteiger partial charge in [0.15, 0.2) is 0 Å². The lowest BCUT2D eigenvalue weighted by Crippen LogP contribution is -2.22. The first-order valence-electron chi connectivity index (χ1n) is 6.67. The van der Waals surface area contributed by atoms with Crippen molar-refractivity contribution in [3.63, 3.8) is 0 Å². The number of hydrogen-bond acceptors (Lipinski definition) is 3. The fraction of sp³-hybridized carbons (Fsp3) is 0.312. The molecule has 0 amide bonds. The second kappa shape index (κ2) is 6.48. The molecular weight excluding hydrogens is 255 g/mol. The monoisotopic (exact) mass is 274 g/mol. The molecule has 106 valence electrons. The van der Waals surface area contributed by atoms with Crippen molar-refractivity contribution in [1.29, 1.82) is 0 Å². The molecule has 0 saturated heterocycles. The summed E-state index contributed by atoms with van der Waals surface area (Å²) in [4.78, 5) is 4.28. The third kappa shape index (κ3) is 4.03. The lowest BCUT2D eigenvalue weighted by molar-refractivity contribution is 0.476. The van der Waals surface area contributed by atoms with Gasteiger partial charge >= 0.3 is 0 Å². The van der Waals surface area contributed by atoms with Crippen LogP contribution in [0, 0.1) is 12.7 Å². The van der Waals surface area contributed by atoms with Crippen molar-refractivity contribution in [2.24, 2.45) is 0 Å². The molecule has 0 spiro atoms.